The van der Waals surface area contributed by atoms with Crippen LogP contribution < -0.4 is 21.3 Å². The third-order valence-corrected chi connectivity index (χ3v) is 12.3. The van der Waals surface area contributed by atoms with Crippen LogP contribution in [0, 0.1) is 12.3 Å². The lowest BCUT2D eigenvalue weighted by atomic mass is 9.92. The highest BCUT2D eigenvalue weighted by Gasteiger charge is 2.33. The van der Waals surface area contributed by atoms with Crippen molar-refractivity contribution in [3.05, 3.63) is 101 Å². The molecule has 0 bridgehead atoms. The van der Waals surface area contributed by atoms with Gasteiger partial charge in [-0.15, -0.1) is 0 Å². The number of benzene rings is 4. The van der Waals surface area contributed by atoms with Gasteiger partial charge in [-0.05, 0) is 103 Å². The van der Waals surface area contributed by atoms with Gasteiger partial charge in [0.2, 0.25) is 23.6 Å². The van der Waals surface area contributed by atoms with E-state index in [4.69, 9.17) is 37.9 Å². The summed E-state index contributed by atoms with van der Waals surface area (Å²) in [5.74, 6) is -1.96. The van der Waals surface area contributed by atoms with E-state index in [0.717, 1.165) is 11.1 Å². The lowest BCUT2D eigenvalue weighted by Gasteiger charge is -2.33. The van der Waals surface area contributed by atoms with Crippen molar-refractivity contribution in [2.45, 2.75) is 58.3 Å². The number of carbonyl (C=O) groups excluding carboxylic acids is 4. The minimum atomic E-state index is -0.864. The molecule has 0 aromatic heterocycles. The van der Waals surface area contributed by atoms with Crippen LogP contribution in [0.1, 0.15) is 53.5 Å². The van der Waals surface area contributed by atoms with E-state index in [2.05, 4.69) is 21.3 Å². The second kappa shape index (κ2) is 38.6. The molecule has 23 heteroatoms. The van der Waals surface area contributed by atoms with Gasteiger partial charge in [-0.25, -0.2) is 0 Å². The van der Waals surface area contributed by atoms with E-state index in [1.165, 1.54) is 36.4 Å². The maximum atomic E-state index is 12.5. The molecule has 11 N–H and O–H groups in total. The molecule has 0 spiro atoms. The van der Waals surface area contributed by atoms with Crippen molar-refractivity contribution < 1.29 is 92.8 Å². The maximum Gasteiger partial charge on any atom is 0.220 e. The smallest absolute Gasteiger partial charge is 0.220 e. The topological polar surface area (TPSA) is 332 Å². The summed E-state index contributed by atoms with van der Waals surface area (Å²) in [5, 5.41) is 78.8. The Morgan fingerprint density at radius 3 is 0.840 bits per heavy atom. The van der Waals surface area contributed by atoms with Gasteiger partial charge in [0, 0.05) is 51.9 Å². The van der Waals surface area contributed by atoms with Gasteiger partial charge in [-0.3, -0.25) is 19.2 Å². The summed E-state index contributed by atoms with van der Waals surface area (Å²) in [6.07, 6.45) is 2.49. The molecule has 81 heavy (non-hydrogen) atoms. The van der Waals surface area contributed by atoms with Crippen LogP contribution in [0.15, 0.2) is 72.8 Å². The first-order chi connectivity index (χ1) is 39.1. The van der Waals surface area contributed by atoms with E-state index in [9.17, 15) is 54.9 Å². The fraction of sp³-hybridized carbons (Fsp3) is 0.517. The number of nitrogens with one attached hydrogen (secondary N) is 4. The van der Waals surface area contributed by atoms with Crippen LogP contribution in [0.2, 0.25) is 0 Å². The van der Waals surface area contributed by atoms with Gasteiger partial charge in [0.1, 0.15) is 5.75 Å². The molecule has 0 atom stereocenters. The number of aromatic hydroxyl groups is 7. The van der Waals surface area contributed by atoms with E-state index < -0.39 is 5.41 Å². The number of carbonyl (C=O) groups is 4. The van der Waals surface area contributed by atoms with Crippen LogP contribution in [0.4, 0.5) is 0 Å². The normalized spacial score (nSPS) is 11.4. The van der Waals surface area contributed by atoms with Crippen molar-refractivity contribution in [3.63, 3.8) is 0 Å². The molecule has 448 valence electrons. The van der Waals surface area contributed by atoms with Crippen molar-refractivity contribution in [2.75, 3.05) is 132 Å². The van der Waals surface area contributed by atoms with E-state index in [0.29, 0.717) is 48.9 Å². The number of hydrogen-bond donors (Lipinski definition) is 11. The first-order valence-corrected chi connectivity index (χ1v) is 27.1. The molecule has 0 aliphatic heterocycles. The predicted molar refractivity (Wildman–Crippen MR) is 296 cm³/mol. The van der Waals surface area contributed by atoms with Gasteiger partial charge in [0.15, 0.2) is 34.5 Å². The standard InChI is InChI=1S/C58H82N4O19/c1-42-34-43(2-10-47(42)63)6-14-54(70)59-18-22-74-26-30-78-38-58(39-79-31-27-75-23-19-60-55(71)15-7-44-3-11-48(64)51(67)35-44,40-80-32-28-76-24-20-61-56(72)16-8-45-4-12-49(65)52(68)36-45)41-81-33-29-77-25-21-62-57(73)17-9-46-5-13-50(66)53(69)37-46/h2-5,10-13,34-37,63-69H,6-9,14-33,38-41H2,1H3,(H,59,70)(H,60,71)(H,61,72)(H,62,73). The third kappa shape index (κ3) is 28.8. The summed E-state index contributed by atoms with van der Waals surface area (Å²) in [6, 6.07) is 18.5. The Morgan fingerprint density at radius 2 is 0.580 bits per heavy atom. The van der Waals surface area contributed by atoms with Crippen LogP contribution in [-0.4, -0.2) is 191 Å². The van der Waals surface area contributed by atoms with Crippen LogP contribution in [0.25, 0.3) is 0 Å². The van der Waals surface area contributed by atoms with Crippen LogP contribution in [0.5, 0.6) is 40.2 Å². The van der Waals surface area contributed by atoms with Crippen molar-refractivity contribution in [2.24, 2.45) is 5.41 Å². The Bertz CT molecular complexity index is 2160. The zero-order chi connectivity index (χ0) is 58.5. The Morgan fingerprint density at radius 1 is 0.333 bits per heavy atom. The van der Waals surface area contributed by atoms with E-state index >= 15 is 0 Å². The minimum Gasteiger partial charge on any atom is -0.508 e. The quantitative estimate of drug-likeness (QED) is 0.0223. The molecule has 4 aromatic rings. The summed E-state index contributed by atoms with van der Waals surface area (Å²) in [5.41, 5.74) is 2.95. The first-order valence-electron chi connectivity index (χ1n) is 27.1. The fourth-order valence-electron chi connectivity index (χ4n) is 7.77. The Balaban J connectivity index is 1.24. The summed E-state index contributed by atoms with van der Waals surface area (Å²) < 4.78 is 47.5. The number of rotatable bonds is 44. The molecular formula is C58H82N4O19. The molecule has 4 rings (SSSR count). The van der Waals surface area contributed by atoms with E-state index in [1.54, 1.807) is 37.3 Å². The van der Waals surface area contributed by atoms with Crippen molar-refractivity contribution in [1.82, 2.24) is 21.3 Å². The first kappa shape index (κ1) is 66.6. The number of phenols is 7. The molecular weight excluding hydrogens is 1060 g/mol. The molecule has 0 fully saturated rings. The number of amides is 4. The SMILES string of the molecule is Cc1cc(CCC(=O)NCCOCCOCC(COCCOCCNC(=O)CCc2ccc(O)c(O)c2)(COCCOCCNC(=O)CCc2ccc(O)c(O)c2)COCCOCCNC(=O)CCc2ccc(O)c(O)c2)ccc1O. The van der Waals surface area contributed by atoms with Crippen molar-refractivity contribution >= 4 is 23.6 Å². The number of hydrogen-bond acceptors (Lipinski definition) is 19. The number of phenolic OH excluding ortho intramolecular Hbond substituents is 7. The van der Waals surface area contributed by atoms with Gasteiger partial charge in [0.25, 0.3) is 0 Å². The number of aryl methyl sites for hydroxylation is 5. The number of ether oxygens (including phenoxy) is 8. The van der Waals surface area contributed by atoms with Crippen molar-refractivity contribution in [1.29, 1.82) is 0 Å². The van der Waals surface area contributed by atoms with Crippen LogP contribution in [0.3, 0.4) is 0 Å². The largest absolute Gasteiger partial charge is 0.508 e. The van der Waals surface area contributed by atoms with E-state index in [1.807, 2.05) is 6.07 Å². The predicted octanol–water partition coefficient (Wildman–Crippen LogP) is 3.35. The summed E-state index contributed by atoms with van der Waals surface area (Å²) in [4.78, 5) is 49.7. The Kier molecular flexibility index (Phi) is 31.8. The summed E-state index contributed by atoms with van der Waals surface area (Å²) >= 11 is 0. The van der Waals surface area contributed by atoms with Gasteiger partial charge >= 0.3 is 0 Å². The highest BCUT2D eigenvalue weighted by molar-refractivity contribution is 5.77. The molecule has 0 saturated heterocycles. The fourth-order valence-corrected chi connectivity index (χ4v) is 7.77. The molecule has 0 aliphatic carbocycles. The minimum absolute atomic E-state index is 0.115. The highest BCUT2D eigenvalue weighted by Crippen LogP contribution is 2.28. The van der Waals surface area contributed by atoms with Crippen LogP contribution in [-0.2, 0) is 82.8 Å². The molecule has 23 nitrogen and oxygen atoms in total. The average molecular weight is 1140 g/mol. The molecule has 4 aromatic carbocycles. The summed E-state index contributed by atoms with van der Waals surface area (Å²) in [6.45, 7) is 5.87. The highest BCUT2D eigenvalue weighted by atomic mass is 16.6. The maximum absolute atomic E-state index is 12.5. The second-order valence-electron chi connectivity index (χ2n) is 19.1. The monoisotopic (exact) mass is 1140 g/mol. The lowest BCUT2D eigenvalue weighted by Crippen LogP contribution is -2.43. The van der Waals surface area contributed by atoms with E-state index in [-0.39, 0.29) is 215 Å². The molecule has 0 saturated carbocycles. The zero-order valence-corrected chi connectivity index (χ0v) is 46.3. The van der Waals surface area contributed by atoms with Gasteiger partial charge in [-0.2, -0.15) is 0 Å². The average Bonchev–Trinajstić information content (AvgIpc) is 3.45. The van der Waals surface area contributed by atoms with Gasteiger partial charge in [-0.1, -0.05) is 30.3 Å². The van der Waals surface area contributed by atoms with Gasteiger partial charge < -0.3 is 94.9 Å². The van der Waals surface area contributed by atoms with Gasteiger partial charge in [0.05, 0.1) is 111 Å². The Labute approximate surface area is 472 Å². The molecule has 0 aliphatic rings. The lowest BCUT2D eigenvalue weighted by molar-refractivity contribution is -0.122. The molecule has 0 unspecified atom stereocenters. The molecule has 4 amide bonds. The third-order valence-electron chi connectivity index (χ3n) is 12.3. The zero-order valence-electron chi connectivity index (χ0n) is 46.3. The second-order valence-corrected chi connectivity index (χ2v) is 19.1. The Hall–Kier alpha value is -6.96. The molecule has 0 radical (unpaired) electrons. The van der Waals surface area contributed by atoms with Crippen molar-refractivity contribution in [3.8, 4) is 40.2 Å². The summed E-state index contributed by atoms with van der Waals surface area (Å²) in [7, 11) is 0. The molecule has 0 heterocycles. The van der Waals surface area contributed by atoms with Crippen LogP contribution >= 0.6 is 0 Å².